The first-order valence-corrected chi connectivity index (χ1v) is 8.23. The summed E-state index contributed by atoms with van der Waals surface area (Å²) < 4.78 is 0. The minimum atomic E-state index is 0.218. The summed E-state index contributed by atoms with van der Waals surface area (Å²) in [6.45, 7) is 2.97. The molecule has 1 aliphatic heterocycles. The Kier molecular flexibility index (Phi) is 4.86. The van der Waals surface area contributed by atoms with Crippen LogP contribution >= 0.6 is 0 Å². The van der Waals surface area contributed by atoms with Gasteiger partial charge in [0.15, 0.2) is 0 Å². The van der Waals surface area contributed by atoms with E-state index < -0.39 is 0 Å². The number of hydrogen-bond acceptors (Lipinski definition) is 3. The zero-order chi connectivity index (χ0) is 14.5. The van der Waals surface area contributed by atoms with Gasteiger partial charge in [-0.2, -0.15) is 0 Å². The van der Waals surface area contributed by atoms with Crippen LogP contribution in [0.4, 0.5) is 0 Å². The van der Waals surface area contributed by atoms with Gasteiger partial charge in [-0.3, -0.25) is 14.7 Å². The largest absolute Gasteiger partial charge is 0.353 e. The molecule has 114 valence electrons. The Bertz CT molecular complexity index is 448. The molecule has 0 spiro atoms. The fourth-order valence-electron chi connectivity index (χ4n) is 3.49. The van der Waals surface area contributed by atoms with Crippen molar-refractivity contribution >= 4 is 5.91 Å². The maximum Gasteiger partial charge on any atom is 0.223 e. The molecule has 0 unspecified atom stereocenters. The summed E-state index contributed by atoms with van der Waals surface area (Å²) in [5.74, 6) is 0.513. The minimum Gasteiger partial charge on any atom is -0.353 e. The number of likely N-dealkylation sites (tertiary alicyclic amines) is 1. The molecule has 1 aliphatic carbocycles. The predicted molar refractivity (Wildman–Crippen MR) is 82.6 cm³/mol. The van der Waals surface area contributed by atoms with Crippen LogP contribution in [0.15, 0.2) is 24.5 Å². The lowest BCUT2D eigenvalue weighted by atomic mass is 9.95. The smallest absolute Gasteiger partial charge is 0.223 e. The van der Waals surface area contributed by atoms with E-state index in [4.69, 9.17) is 0 Å². The highest BCUT2D eigenvalue weighted by Crippen LogP contribution is 2.22. The van der Waals surface area contributed by atoms with Gasteiger partial charge < -0.3 is 5.32 Å². The Hall–Kier alpha value is -1.42. The van der Waals surface area contributed by atoms with Gasteiger partial charge in [-0.15, -0.1) is 0 Å². The summed E-state index contributed by atoms with van der Waals surface area (Å²) >= 11 is 0. The minimum absolute atomic E-state index is 0.218. The van der Waals surface area contributed by atoms with E-state index in [1.54, 1.807) is 0 Å². The van der Waals surface area contributed by atoms with Crippen molar-refractivity contribution in [2.75, 3.05) is 13.1 Å². The Morgan fingerprint density at radius 1 is 1.24 bits per heavy atom. The van der Waals surface area contributed by atoms with Gasteiger partial charge in [0, 0.05) is 30.9 Å². The number of piperidine rings is 1. The maximum atomic E-state index is 12.3. The summed E-state index contributed by atoms with van der Waals surface area (Å²) in [7, 11) is 0. The van der Waals surface area contributed by atoms with Crippen molar-refractivity contribution in [3.63, 3.8) is 0 Å². The molecule has 1 amide bonds. The first kappa shape index (κ1) is 14.5. The molecule has 2 fully saturated rings. The van der Waals surface area contributed by atoms with Gasteiger partial charge in [-0.25, -0.2) is 0 Å². The van der Waals surface area contributed by atoms with Crippen molar-refractivity contribution in [2.45, 2.75) is 51.1 Å². The van der Waals surface area contributed by atoms with E-state index in [9.17, 15) is 4.79 Å². The highest BCUT2D eigenvalue weighted by atomic mass is 16.1. The standard InChI is InChI=1S/C17H25N3O/c21-17(19-16-5-1-2-6-16)15-7-10-20(11-8-15)13-14-4-3-9-18-12-14/h3-4,9,12,15-16H,1-2,5-8,10-11,13H2,(H,19,21). The fraction of sp³-hybridized carbons (Fsp3) is 0.647. The normalized spacial score (nSPS) is 21.5. The number of rotatable bonds is 4. The van der Waals surface area contributed by atoms with Gasteiger partial charge >= 0.3 is 0 Å². The zero-order valence-electron chi connectivity index (χ0n) is 12.6. The van der Waals surface area contributed by atoms with Crippen molar-refractivity contribution in [1.82, 2.24) is 15.2 Å². The predicted octanol–water partition coefficient (Wildman–Crippen LogP) is 2.35. The van der Waals surface area contributed by atoms with E-state index in [0.717, 1.165) is 32.5 Å². The molecule has 0 aromatic carbocycles. The number of carbonyl (C=O) groups is 1. The number of aromatic nitrogens is 1. The van der Waals surface area contributed by atoms with Crippen molar-refractivity contribution in [1.29, 1.82) is 0 Å². The molecule has 1 aromatic heterocycles. The van der Waals surface area contributed by atoms with Crippen molar-refractivity contribution in [2.24, 2.45) is 5.92 Å². The van der Waals surface area contributed by atoms with E-state index in [-0.39, 0.29) is 5.92 Å². The molecule has 1 N–H and O–H groups in total. The summed E-state index contributed by atoms with van der Waals surface area (Å²) in [5, 5.41) is 3.25. The van der Waals surface area contributed by atoms with Crippen LogP contribution in [0.5, 0.6) is 0 Å². The first-order chi connectivity index (χ1) is 10.3. The molecule has 1 saturated carbocycles. The molecule has 4 nitrogen and oxygen atoms in total. The average Bonchev–Trinajstić information content (AvgIpc) is 3.02. The lowest BCUT2D eigenvalue weighted by molar-refractivity contribution is -0.127. The fourth-order valence-corrected chi connectivity index (χ4v) is 3.49. The van der Waals surface area contributed by atoms with E-state index in [0.29, 0.717) is 11.9 Å². The molecule has 1 saturated heterocycles. The van der Waals surface area contributed by atoms with Crippen molar-refractivity contribution in [3.8, 4) is 0 Å². The zero-order valence-corrected chi connectivity index (χ0v) is 12.6. The van der Waals surface area contributed by atoms with E-state index in [2.05, 4.69) is 21.3 Å². The van der Waals surface area contributed by atoms with E-state index in [1.807, 2.05) is 18.5 Å². The molecule has 21 heavy (non-hydrogen) atoms. The third-order valence-electron chi connectivity index (χ3n) is 4.79. The SMILES string of the molecule is O=C(NC1CCCC1)C1CCN(Cc2cccnc2)CC1. The van der Waals surface area contributed by atoms with Gasteiger partial charge in [-0.05, 0) is 50.4 Å². The van der Waals surface area contributed by atoms with Crippen LogP contribution < -0.4 is 5.32 Å². The summed E-state index contributed by atoms with van der Waals surface area (Å²) in [4.78, 5) is 18.9. The maximum absolute atomic E-state index is 12.3. The van der Waals surface area contributed by atoms with Gasteiger partial charge in [0.25, 0.3) is 0 Å². The van der Waals surface area contributed by atoms with Crippen LogP contribution in [0.1, 0.15) is 44.1 Å². The highest BCUT2D eigenvalue weighted by molar-refractivity contribution is 5.79. The Morgan fingerprint density at radius 2 is 2.00 bits per heavy atom. The highest BCUT2D eigenvalue weighted by Gasteiger charge is 2.27. The number of pyridine rings is 1. The number of amides is 1. The Morgan fingerprint density at radius 3 is 2.67 bits per heavy atom. The topological polar surface area (TPSA) is 45.2 Å². The summed E-state index contributed by atoms with van der Waals surface area (Å²) in [6, 6.07) is 4.55. The Balaban J connectivity index is 1.43. The number of hydrogen-bond donors (Lipinski definition) is 1. The van der Waals surface area contributed by atoms with Crippen LogP contribution in [-0.4, -0.2) is 34.9 Å². The second kappa shape index (κ2) is 7.03. The Labute approximate surface area is 126 Å². The quantitative estimate of drug-likeness (QED) is 0.924. The molecular weight excluding hydrogens is 262 g/mol. The number of nitrogens with one attached hydrogen (secondary N) is 1. The van der Waals surface area contributed by atoms with Gasteiger partial charge in [0.2, 0.25) is 5.91 Å². The van der Waals surface area contributed by atoms with Gasteiger partial charge in [0.05, 0.1) is 0 Å². The second-order valence-electron chi connectivity index (χ2n) is 6.40. The van der Waals surface area contributed by atoms with Crippen LogP contribution in [-0.2, 0) is 11.3 Å². The first-order valence-electron chi connectivity index (χ1n) is 8.23. The number of nitrogens with zero attached hydrogens (tertiary/aromatic N) is 2. The molecular formula is C17H25N3O. The molecule has 2 aliphatic rings. The van der Waals surface area contributed by atoms with Gasteiger partial charge in [-0.1, -0.05) is 18.9 Å². The summed E-state index contributed by atoms with van der Waals surface area (Å²) in [5.41, 5.74) is 1.26. The van der Waals surface area contributed by atoms with Crippen molar-refractivity contribution < 1.29 is 4.79 Å². The molecule has 1 aromatic rings. The summed E-state index contributed by atoms with van der Waals surface area (Å²) in [6.07, 6.45) is 10.6. The third-order valence-corrected chi connectivity index (χ3v) is 4.79. The molecule has 2 heterocycles. The third kappa shape index (κ3) is 4.03. The monoisotopic (exact) mass is 287 g/mol. The van der Waals surface area contributed by atoms with Crippen LogP contribution in [0.3, 0.4) is 0 Å². The molecule has 3 rings (SSSR count). The van der Waals surface area contributed by atoms with Gasteiger partial charge in [0.1, 0.15) is 0 Å². The molecule has 0 radical (unpaired) electrons. The average molecular weight is 287 g/mol. The molecule has 0 atom stereocenters. The molecule has 4 heteroatoms. The lowest BCUT2D eigenvalue weighted by Gasteiger charge is -2.31. The number of carbonyl (C=O) groups excluding carboxylic acids is 1. The van der Waals surface area contributed by atoms with Crippen molar-refractivity contribution in [3.05, 3.63) is 30.1 Å². The van der Waals surface area contributed by atoms with E-state index in [1.165, 1.54) is 31.2 Å². The lowest BCUT2D eigenvalue weighted by Crippen LogP contribution is -2.42. The molecule has 0 bridgehead atoms. The van der Waals surface area contributed by atoms with E-state index >= 15 is 0 Å². The van der Waals surface area contributed by atoms with Crippen LogP contribution in [0, 0.1) is 5.92 Å². The second-order valence-corrected chi connectivity index (χ2v) is 6.40. The van der Waals surface area contributed by atoms with Crippen LogP contribution in [0.2, 0.25) is 0 Å². The van der Waals surface area contributed by atoms with Crippen LogP contribution in [0.25, 0.3) is 0 Å².